The largest absolute Gasteiger partial charge is 0.372 e. The molecule has 2 aromatic rings. The van der Waals surface area contributed by atoms with Crippen molar-refractivity contribution in [1.29, 1.82) is 0 Å². The highest BCUT2D eigenvalue weighted by Gasteiger charge is 2.12. The van der Waals surface area contributed by atoms with Crippen LogP contribution in [0.15, 0.2) is 59.7 Å². The van der Waals surface area contributed by atoms with Crippen LogP contribution >= 0.6 is 0 Å². The van der Waals surface area contributed by atoms with E-state index in [0.717, 1.165) is 24.2 Å². The summed E-state index contributed by atoms with van der Waals surface area (Å²) in [5, 5.41) is 4.08. The Bertz CT molecular complexity index is 854. The molecule has 0 amide bonds. The van der Waals surface area contributed by atoms with E-state index in [1.807, 2.05) is 37.3 Å². The molecule has 1 heterocycles. The van der Waals surface area contributed by atoms with Crippen molar-refractivity contribution in [2.24, 2.45) is 5.10 Å². The van der Waals surface area contributed by atoms with Gasteiger partial charge in [0.05, 0.1) is 11.5 Å². The molecule has 5 nitrogen and oxygen atoms in total. The first-order valence-corrected chi connectivity index (χ1v) is 11.1. The van der Waals surface area contributed by atoms with Gasteiger partial charge in [-0.05, 0) is 43.0 Å². The maximum absolute atomic E-state index is 12.2. The normalized spacial score (nSPS) is 16.0. The zero-order valence-electron chi connectivity index (χ0n) is 15.8. The van der Waals surface area contributed by atoms with Crippen molar-refractivity contribution < 1.29 is 8.42 Å². The quantitative estimate of drug-likeness (QED) is 0.606. The Morgan fingerprint density at radius 1 is 0.963 bits per heavy atom. The maximum Gasteiger partial charge on any atom is 0.251 e. The number of benzene rings is 2. The van der Waals surface area contributed by atoms with Crippen molar-refractivity contribution in [2.75, 3.05) is 18.0 Å². The number of hydrogen-bond donors (Lipinski definition) is 1. The van der Waals surface area contributed by atoms with Gasteiger partial charge in [-0.3, -0.25) is 0 Å². The Hall–Kier alpha value is -2.34. The molecule has 0 saturated carbocycles. The summed E-state index contributed by atoms with van der Waals surface area (Å²) >= 11 is 0. The molecule has 0 spiro atoms. The van der Waals surface area contributed by atoms with Gasteiger partial charge in [0.2, 0.25) is 0 Å². The van der Waals surface area contributed by atoms with Crippen LogP contribution in [0.1, 0.15) is 43.7 Å². The number of sulfonamides is 1. The van der Waals surface area contributed by atoms with E-state index >= 15 is 0 Å². The highest BCUT2D eigenvalue weighted by Crippen LogP contribution is 2.20. The Kier molecular flexibility index (Phi) is 6.50. The zero-order chi connectivity index (χ0) is 19.1. The molecule has 0 aromatic heterocycles. The number of nitrogens with zero attached hydrogens (tertiary/aromatic N) is 2. The van der Waals surface area contributed by atoms with Crippen molar-refractivity contribution >= 4 is 21.4 Å². The molecule has 27 heavy (non-hydrogen) atoms. The van der Waals surface area contributed by atoms with E-state index in [0.29, 0.717) is 5.71 Å². The summed E-state index contributed by atoms with van der Waals surface area (Å²) in [6.07, 6.45) is 5.10. The maximum atomic E-state index is 12.2. The number of rotatable bonds is 6. The molecule has 0 aliphatic carbocycles. The highest BCUT2D eigenvalue weighted by molar-refractivity contribution is 7.88. The van der Waals surface area contributed by atoms with Gasteiger partial charge in [0, 0.05) is 18.8 Å². The zero-order valence-corrected chi connectivity index (χ0v) is 16.6. The first-order chi connectivity index (χ1) is 13.0. The van der Waals surface area contributed by atoms with Gasteiger partial charge in [-0.2, -0.15) is 5.10 Å². The smallest absolute Gasteiger partial charge is 0.251 e. The minimum Gasteiger partial charge on any atom is -0.372 e. The molecule has 0 unspecified atom stereocenters. The summed E-state index contributed by atoms with van der Waals surface area (Å²) in [7, 11) is -3.51. The summed E-state index contributed by atoms with van der Waals surface area (Å²) in [6, 6.07) is 17.3. The Labute approximate surface area is 162 Å². The lowest BCUT2D eigenvalue weighted by Gasteiger charge is -2.22. The van der Waals surface area contributed by atoms with Gasteiger partial charge < -0.3 is 4.90 Å². The molecule has 0 radical (unpaired) electrons. The van der Waals surface area contributed by atoms with Gasteiger partial charge in [0.25, 0.3) is 10.0 Å². The summed E-state index contributed by atoms with van der Waals surface area (Å²) in [5.41, 5.74) is 3.52. The standard InChI is InChI=1S/C21H27N3O2S/c1-18(22-23-27(25,26)17-19-9-5-4-6-10-19)20-11-13-21(14-12-20)24-15-7-2-3-8-16-24/h4-6,9-14,23H,2-3,7-8,15-17H2,1H3. The van der Waals surface area contributed by atoms with Gasteiger partial charge >= 0.3 is 0 Å². The van der Waals surface area contributed by atoms with E-state index in [4.69, 9.17) is 0 Å². The fourth-order valence-electron chi connectivity index (χ4n) is 3.27. The van der Waals surface area contributed by atoms with Crippen LogP contribution in [-0.2, 0) is 15.8 Å². The number of hydrazone groups is 1. The molecule has 1 N–H and O–H groups in total. The monoisotopic (exact) mass is 385 g/mol. The molecule has 1 fully saturated rings. The molecular weight excluding hydrogens is 358 g/mol. The van der Waals surface area contributed by atoms with E-state index in [2.05, 4.69) is 27.0 Å². The Morgan fingerprint density at radius 3 is 2.22 bits per heavy atom. The van der Waals surface area contributed by atoms with Gasteiger partial charge in [-0.15, -0.1) is 0 Å². The second-order valence-electron chi connectivity index (χ2n) is 6.98. The molecule has 6 heteroatoms. The van der Waals surface area contributed by atoms with Crippen LogP contribution in [-0.4, -0.2) is 27.2 Å². The summed E-state index contributed by atoms with van der Waals surface area (Å²) < 4.78 is 24.4. The molecule has 3 rings (SSSR count). The second kappa shape index (κ2) is 9.04. The van der Waals surface area contributed by atoms with E-state index in [9.17, 15) is 8.42 Å². The molecule has 0 atom stereocenters. The van der Waals surface area contributed by atoms with Crippen LogP contribution in [0.5, 0.6) is 0 Å². The highest BCUT2D eigenvalue weighted by atomic mass is 32.2. The number of hydrogen-bond acceptors (Lipinski definition) is 4. The van der Waals surface area contributed by atoms with Crippen LogP contribution in [0.2, 0.25) is 0 Å². The second-order valence-corrected chi connectivity index (χ2v) is 8.68. The van der Waals surface area contributed by atoms with Crippen LogP contribution in [0.3, 0.4) is 0 Å². The van der Waals surface area contributed by atoms with Crippen LogP contribution < -0.4 is 9.73 Å². The van der Waals surface area contributed by atoms with Crippen molar-refractivity contribution in [2.45, 2.75) is 38.4 Å². The summed E-state index contributed by atoms with van der Waals surface area (Å²) in [4.78, 5) is 4.76. The van der Waals surface area contributed by atoms with Gasteiger partial charge in [-0.25, -0.2) is 13.2 Å². The summed E-state index contributed by atoms with van der Waals surface area (Å²) in [6.45, 7) is 4.02. The van der Waals surface area contributed by atoms with Crippen molar-refractivity contribution in [3.63, 3.8) is 0 Å². The molecule has 2 aromatic carbocycles. The third kappa shape index (κ3) is 5.82. The van der Waals surface area contributed by atoms with Crippen LogP contribution in [0.25, 0.3) is 0 Å². The fraction of sp³-hybridized carbons (Fsp3) is 0.381. The molecule has 144 valence electrons. The first kappa shape index (κ1) is 19.4. The third-order valence-corrected chi connectivity index (χ3v) is 5.89. The lowest BCUT2D eigenvalue weighted by molar-refractivity contribution is 0.583. The Morgan fingerprint density at radius 2 is 1.59 bits per heavy atom. The predicted octanol–water partition coefficient (Wildman–Crippen LogP) is 3.91. The van der Waals surface area contributed by atoms with E-state index in [1.165, 1.54) is 31.4 Å². The average molecular weight is 386 g/mol. The predicted molar refractivity (Wildman–Crippen MR) is 112 cm³/mol. The lowest BCUT2D eigenvalue weighted by Crippen LogP contribution is -2.23. The topological polar surface area (TPSA) is 61.8 Å². The number of nitrogens with one attached hydrogen (secondary N) is 1. The average Bonchev–Trinajstić information content (AvgIpc) is 2.96. The van der Waals surface area contributed by atoms with Gasteiger partial charge in [0.15, 0.2) is 0 Å². The third-order valence-electron chi connectivity index (χ3n) is 4.81. The minimum absolute atomic E-state index is 0.0848. The van der Waals surface area contributed by atoms with Crippen molar-refractivity contribution in [3.05, 3.63) is 65.7 Å². The van der Waals surface area contributed by atoms with E-state index in [-0.39, 0.29) is 5.75 Å². The Balaban J connectivity index is 1.63. The van der Waals surface area contributed by atoms with Crippen molar-refractivity contribution in [3.8, 4) is 0 Å². The molecule has 1 saturated heterocycles. The van der Waals surface area contributed by atoms with Gasteiger partial charge in [-0.1, -0.05) is 55.3 Å². The fourth-order valence-corrected chi connectivity index (χ4v) is 4.24. The van der Waals surface area contributed by atoms with Crippen LogP contribution in [0.4, 0.5) is 5.69 Å². The van der Waals surface area contributed by atoms with E-state index < -0.39 is 10.0 Å². The first-order valence-electron chi connectivity index (χ1n) is 9.47. The van der Waals surface area contributed by atoms with Crippen LogP contribution in [0, 0.1) is 0 Å². The lowest BCUT2D eigenvalue weighted by atomic mass is 10.1. The molecule has 0 bridgehead atoms. The van der Waals surface area contributed by atoms with Crippen molar-refractivity contribution in [1.82, 2.24) is 4.83 Å². The molecular formula is C21H27N3O2S. The van der Waals surface area contributed by atoms with E-state index in [1.54, 1.807) is 12.1 Å². The van der Waals surface area contributed by atoms with Gasteiger partial charge in [0.1, 0.15) is 0 Å². The SMILES string of the molecule is CC(=NNS(=O)(=O)Cc1ccccc1)c1ccc(N2CCCCCC2)cc1. The number of anilines is 1. The minimum atomic E-state index is -3.51. The molecule has 1 aliphatic heterocycles. The molecule has 1 aliphatic rings. The summed E-state index contributed by atoms with van der Waals surface area (Å²) in [5.74, 6) is -0.0848.